The Bertz CT molecular complexity index is 398. The maximum atomic E-state index is 9.22. The van der Waals surface area contributed by atoms with Crippen LogP contribution in [0.15, 0.2) is 60.8 Å². The molecule has 0 spiro atoms. The molecule has 0 aliphatic rings. The van der Waals surface area contributed by atoms with Crippen LogP contribution in [0.1, 0.15) is 27.2 Å². The van der Waals surface area contributed by atoms with Crippen molar-refractivity contribution in [3.63, 3.8) is 0 Å². The van der Waals surface area contributed by atoms with Crippen LogP contribution in [-0.4, -0.2) is 0 Å². The SMILES string of the molecule is C=C\C=C/C(/C=C(\C#N)C(C)(C)CC)=C\C=C. The van der Waals surface area contributed by atoms with E-state index in [1.54, 1.807) is 12.2 Å². The van der Waals surface area contributed by atoms with Crippen LogP contribution in [-0.2, 0) is 0 Å². The van der Waals surface area contributed by atoms with Crippen molar-refractivity contribution in [3.8, 4) is 6.07 Å². The number of nitrogens with zero attached hydrogens (tertiary/aromatic N) is 1. The van der Waals surface area contributed by atoms with E-state index in [-0.39, 0.29) is 5.41 Å². The zero-order valence-corrected chi connectivity index (χ0v) is 11.0. The molecule has 1 heteroatoms. The third-order valence-electron chi connectivity index (χ3n) is 2.78. The molecule has 0 aromatic heterocycles. The molecule has 0 fully saturated rings. The predicted octanol–water partition coefficient (Wildman–Crippen LogP) is 4.73. The van der Waals surface area contributed by atoms with Crippen molar-refractivity contribution in [2.45, 2.75) is 27.2 Å². The highest BCUT2D eigenvalue weighted by atomic mass is 14.3. The molecular weight excluding hydrogens is 206 g/mol. The van der Waals surface area contributed by atoms with E-state index in [4.69, 9.17) is 0 Å². The van der Waals surface area contributed by atoms with Crippen LogP contribution in [0.25, 0.3) is 0 Å². The lowest BCUT2D eigenvalue weighted by Crippen LogP contribution is -2.12. The van der Waals surface area contributed by atoms with E-state index in [9.17, 15) is 5.26 Å². The zero-order chi connectivity index (χ0) is 13.3. The minimum atomic E-state index is -0.100. The first-order valence-corrected chi connectivity index (χ1v) is 5.76. The summed E-state index contributed by atoms with van der Waals surface area (Å²) in [4.78, 5) is 0. The topological polar surface area (TPSA) is 23.8 Å². The first kappa shape index (κ1) is 15.2. The molecule has 0 amide bonds. The quantitative estimate of drug-likeness (QED) is 0.475. The largest absolute Gasteiger partial charge is 0.193 e. The van der Waals surface area contributed by atoms with Gasteiger partial charge >= 0.3 is 0 Å². The Hall–Kier alpha value is -1.81. The van der Waals surface area contributed by atoms with Crippen LogP contribution in [0, 0.1) is 16.7 Å². The Kier molecular flexibility index (Phi) is 6.67. The molecule has 0 aliphatic heterocycles. The highest BCUT2D eigenvalue weighted by molar-refractivity contribution is 5.42. The van der Waals surface area contributed by atoms with Gasteiger partial charge in [-0.3, -0.25) is 0 Å². The van der Waals surface area contributed by atoms with Gasteiger partial charge in [0, 0.05) is 5.57 Å². The summed E-state index contributed by atoms with van der Waals surface area (Å²) in [6.07, 6.45) is 11.9. The maximum absolute atomic E-state index is 9.22. The Morgan fingerprint density at radius 1 is 1.29 bits per heavy atom. The van der Waals surface area contributed by atoms with Crippen molar-refractivity contribution in [2.24, 2.45) is 5.41 Å². The van der Waals surface area contributed by atoms with Crippen molar-refractivity contribution >= 4 is 0 Å². The summed E-state index contributed by atoms with van der Waals surface area (Å²) in [5, 5.41) is 9.22. The lowest BCUT2D eigenvalue weighted by molar-refractivity contribution is 0.442. The first-order valence-electron chi connectivity index (χ1n) is 5.76. The van der Waals surface area contributed by atoms with Gasteiger partial charge < -0.3 is 0 Å². The summed E-state index contributed by atoms with van der Waals surface area (Å²) in [5.74, 6) is 0. The molecule has 0 aromatic carbocycles. The van der Waals surface area contributed by atoms with Crippen LogP contribution < -0.4 is 0 Å². The second-order valence-corrected chi connectivity index (χ2v) is 4.40. The molecular formula is C16H21N. The van der Waals surface area contributed by atoms with E-state index in [0.29, 0.717) is 0 Å². The summed E-state index contributed by atoms with van der Waals surface area (Å²) >= 11 is 0. The standard InChI is InChI=1S/C16H21N/c1-6-9-11-14(10-7-2)12-15(13-17)16(4,5)8-3/h6-7,9-12H,1-2,8H2,3-5H3/b11-9-,14-10+,15-12+. The van der Waals surface area contributed by atoms with Gasteiger partial charge in [-0.2, -0.15) is 5.26 Å². The van der Waals surface area contributed by atoms with Crippen molar-refractivity contribution in [1.82, 2.24) is 0 Å². The van der Waals surface area contributed by atoms with E-state index >= 15 is 0 Å². The minimum absolute atomic E-state index is 0.100. The number of rotatable bonds is 6. The molecule has 90 valence electrons. The summed E-state index contributed by atoms with van der Waals surface area (Å²) in [6.45, 7) is 13.5. The smallest absolute Gasteiger partial charge is 0.0953 e. The van der Waals surface area contributed by atoms with Gasteiger partial charge in [-0.25, -0.2) is 0 Å². The van der Waals surface area contributed by atoms with Crippen molar-refractivity contribution in [2.75, 3.05) is 0 Å². The van der Waals surface area contributed by atoms with E-state index in [1.807, 2.05) is 24.3 Å². The lowest BCUT2D eigenvalue weighted by Gasteiger charge is -2.21. The molecule has 0 atom stereocenters. The van der Waals surface area contributed by atoms with Crippen LogP contribution in [0.2, 0.25) is 0 Å². The fourth-order valence-corrected chi connectivity index (χ4v) is 1.20. The van der Waals surface area contributed by atoms with Gasteiger partial charge in [0.15, 0.2) is 0 Å². The van der Waals surface area contributed by atoms with Gasteiger partial charge in [0.25, 0.3) is 0 Å². The average molecular weight is 227 g/mol. The average Bonchev–Trinajstić information content (AvgIpc) is 2.32. The predicted molar refractivity (Wildman–Crippen MR) is 75.4 cm³/mol. The summed E-state index contributed by atoms with van der Waals surface area (Å²) in [5.41, 5.74) is 1.64. The van der Waals surface area contributed by atoms with E-state index in [2.05, 4.69) is 40.0 Å². The molecule has 0 bridgehead atoms. The van der Waals surface area contributed by atoms with Crippen LogP contribution in [0.4, 0.5) is 0 Å². The van der Waals surface area contributed by atoms with Gasteiger partial charge in [-0.15, -0.1) is 0 Å². The fourth-order valence-electron chi connectivity index (χ4n) is 1.20. The van der Waals surface area contributed by atoms with E-state index in [1.165, 1.54) is 0 Å². The number of hydrogen-bond acceptors (Lipinski definition) is 1. The summed E-state index contributed by atoms with van der Waals surface area (Å²) < 4.78 is 0. The van der Waals surface area contributed by atoms with Crippen molar-refractivity contribution < 1.29 is 0 Å². The minimum Gasteiger partial charge on any atom is -0.193 e. The number of hydrogen-bond donors (Lipinski definition) is 0. The zero-order valence-electron chi connectivity index (χ0n) is 11.0. The lowest BCUT2D eigenvalue weighted by atomic mass is 9.81. The monoisotopic (exact) mass is 227 g/mol. The molecule has 0 aromatic rings. The summed E-state index contributed by atoms with van der Waals surface area (Å²) in [7, 11) is 0. The normalized spacial score (nSPS) is 13.5. The molecule has 0 saturated carbocycles. The number of nitriles is 1. The van der Waals surface area contributed by atoms with Gasteiger partial charge in [0.2, 0.25) is 0 Å². The van der Waals surface area contributed by atoms with Crippen molar-refractivity contribution in [3.05, 3.63) is 60.8 Å². The third-order valence-corrected chi connectivity index (χ3v) is 2.78. The van der Waals surface area contributed by atoms with Crippen LogP contribution in [0.5, 0.6) is 0 Å². The molecule has 0 radical (unpaired) electrons. The second kappa shape index (κ2) is 7.46. The van der Waals surface area contributed by atoms with E-state index < -0.39 is 0 Å². The van der Waals surface area contributed by atoms with Gasteiger partial charge in [-0.05, 0) is 23.5 Å². The highest BCUT2D eigenvalue weighted by Crippen LogP contribution is 2.30. The molecule has 17 heavy (non-hydrogen) atoms. The van der Waals surface area contributed by atoms with Gasteiger partial charge in [0.1, 0.15) is 0 Å². The van der Waals surface area contributed by atoms with Crippen LogP contribution in [0.3, 0.4) is 0 Å². The summed E-state index contributed by atoms with van der Waals surface area (Å²) in [6, 6.07) is 2.28. The van der Waals surface area contributed by atoms with Gasteiger partial charge in [-0.1, -0.05) is 64.3 Å². The number of allylic oxidation sites excluding steroid dienone is 8. The highest BCUT2D eigenvalue weighted by Gasteiger charge is 2.20. The third kappa shape index (κ3) is 5.17. The van der Waals surface area contributed by atoms with Crippen molar-refractivity contribution in [1.29, 1.82) is 5.26 Å². The van der Waals surface area contributed by atoms with Crippen LogP contribution >= 0.6 is 0 Å². The first-order chi connectivity index (χ1) is 8.01. The molecule has 0 heterocycles. The molecule has 0 unspecified atom stereocenters. The Balaban J connectivity index is 5.37. The van der Waals surface area contributed by atoms with Gasteiger partial charge in [0.05, 0.1) is 6.07 Å². The molecule has 1 nitrogen and oxygen atoms in total. The fraction of sp³-hybridized carbons (Fsp3) is 0.312. The molecule has 0 N–H and O–H groups in total. The maximum Gasteiger partial charge on any atom is 0.0953 e. The Morgan fingerprint density at radius 3 is 2.35 bits per heavy atom. The molecule has 0 saturated heterocycles. The molecule has 0 rings (SSSR count). The second-order valence-electron chi connectivity index (χ2n) is 4.40. The Labute approximate surface area is 105 Å². The van der Waals surface area contributed by atoms with E-state index in [0.717, 1.165) is 17.6 Å². The molecule has 0 aliphatic carbocycles. The Morgan fingerprint density at radius 2 is 1.94 bits per heavy atom.